The summed E-state index contributed by atoms with van der Waals surface area (Å²) in [5, 5.41) is 9.01. The smallest absolute Gasteiger partial charge is 0.256 e. The molecule has 1 aliphatic carbocycles. The van der Waals surface area contributed by atoms with Gasteiger partial charge in [-0.05, 0) is 125 Å². The van der Waals surface area contributed by atoms with E-state index in [0.29, 0.717) is 41.1 Å². The Morgan fingerprint density at radius 3 is 2.00 bits per heavy atom. The van der Waals surface area contributed by atoms with Gasteiger partial charge in [-0.25, -0.2) is 13.1 Å². The van der Waals surface area contributed by atoms with Crippen LogP contribution in [0.5, 0.6) is 0 Å². The lowest BCUT2D eigenvalue weighted by Gasteiger charge is -2.35. The second-order valence-electron chi connectivity index (χ2n) is 13.1. The van der Waals surface area contributed by atoms with Crippen molar-refractivity contribution in [2.75, 3.05) is 26.2 Å². The van der Waals surface area contributed by atoms with Crippen molar-refractivity contribution in [3.8, 4) is 5.69 Å². The van der Waals surface area contributed by atoms with Crippen molar-refractivity contribution >= 4 is 15.9 Å². The first-order valence-corrected chi connectivity index (χ1v) is 17.1. The zero-order valence-corrected chi connectivity index (χ0v) is 27.9. The zero-order chi connectivity index (χ0) is 31.2. The Balaban J connectivity index is 1.33. The van der Waals surface area contributed by atoms with Gasteiger partial charge in [0.25, 0.3) is 5.91 Å². The topological polar surface area (TPSA) is 88.4 Å². The number of rotatable bonds is 6. The van der Waals surface area contributed by atoms with E-state index in [1.54, 1.807) is 9.58 Å². The number of amides is 1. The number of sulfonamides is 1. The molecule has 2 aromatic carbocycles. The van der Waals surface area contributed by atoms with E-state index in [-0.39, 0.29) is 19.0 Å². The van der Waals surface area contributed by atoms with Crippen LogP contribution in [0, 0.1) is 53.4 Å². The third-order valence-corrected chi connectivity index (χ3v) is 12.5. The number of hydrogen-bond donors (Lipinski definition) is 0. The molecule has 1 aromatic heterocycles. The van der Waals surface area contributed by atoms with E-state index in [2.05, 4.69) is 24.2 Å². The lowest BCUT2D eigenvalue weighted by Crippen LogP contribution is -2.50. The Labute approximate surface area is 257 Å². The van der Waals surface area contributed by atoms with Crippen LogP contribution in [-0.2, 0) is 10.0 Å². The maximum Gasteiger partial charge on any atom is 0.256 e. The van der Waals surface area contributed by atoms with Gasteiger partial charge in [0, 0.05) is 32.1 Å². The number of benzene rings is 2. The van der Waals surface area contributed by atoms with Gasteiger partial charge in [0.2, 0.25) is 10.0 Å². The van der Waals surface area contributed by atoms with Crippen molar-refractivity contribution in [3.05, 3.63) is 69.0 Å². The summed E-state index contributed by atoms with van der Waals surface area (Å²) in [7, 11) is -3.70. The molecule has 8 nitrogen and oxygen atoms in total. The van der Waals surface area contributed by atoms with Crippen molar-refractivity contribution in [2.24, 2.45) is 11.8 Å². The van der Waals surface area contributed by atoms with Crippen molar-refractivity contribution in [3.63, 3.8) is 0 Å². The van der Waals surface area contributed by atoms with Gasteiger partial charge in [0.1, 0.15) is 0 Å². The summed E-state index contributed by atoms with van der Waals surface area (Å²) in [5.74, 6) is 1.77. The molecule has 2 aliphatic rings. The van der Waals surface area contributed by atoms with E-state index in [1.807, 2.05) is 65.9 Å². The van der Waals surface area contributed by atoms with Crippen LogP contribution in [0.2, 0.25) is 0 Å². The Kier molecular flexibility index (Phi) is 8.87. The Hall–Kier alpha value is -3.04. The highest BCUT2D eigenvalue weighted by molar-refractivity contribution is 7.89. The molecule has 0 atom stereocenters. The molecular formula is C34H47N5O3S. The molecule has 0 unspecified atom stereocenters. The van der Waals surface area contributed by atoms with Crippen LogP contribution in [0.3, 0.4) is 0 Å². The molecule has 43 heavy (non-hydrogen) atoms. The van der Waals surface area contributed by atoms with E-state index >= 15 is 0 Å². The summed E-state index contributed by atoms with van der Waals surface area (Å²) in [6, 6.07) is 5.78. The summed E-state index contributed by atoms with van der Waals surface area (Å²) < 4.78 is 31.0. The van der Waals surface area contributed by atoms with Gasteiger partial charge in [-0.1, -0.05) is 25.1 Å². The minimum absolute atomic E-state index is 0.115. The summed E-state index contributed by atoms with van der Waals surface area (Å²) in [6.45, 7) is 17.6. The number of carbonyl (C=O) groups excluding carboxylic acids is 1. The normalized spacial score (nSPS) is 20.2. The average molecular weight is 606 g/mol. The third kappa shape index (κ3) is 5.90. The van der Waals surface area contributed by atoms with Crippen molar-refractivity contribution < 1.29 is 13.2 Å². The van der Waals surface area contributed by atoms with Crippen molar-refractivity contribution in [1.82, 2.24) is 24.2 Å². The van der Waals surface area contributed by atoms with Gasteiger partial charge in [0.05, 0.1) is 28.0 Å². The highest BCUT2D eigenvalue weighted by Gasteiger charge is 2.34. The van der Waals surface area contributed by atoms with Crippen molar-refractivity contribution in [1.29, 1.82) is 0 Å². The summed E-state index contributed by atoms with van der Waals surface area (Å²) in [6.07, 6.45) is 6.66. The first-order valence-electron chi connectivity index (χ1n) is 15.7. The molecule has 1 saturated carbocycles. The SMILES string of the molecule is Cc1ccc(C(=O)N2CCN(S(=O)(=O)c3c(C)c(C)c(C)c(C)c3C)CC2)c(-n2cc(C3CCC(C(C)C)CC3)nn2)c1. The standard InChI is InChI=1S/C34H47N5O3S/c1-21(2)28-10-12-29(13-11-28)31-20-39(36-35-31)32-19-22(3)9-14-30(32)34(40)37-15-17-38(18-16-37)43(41,42)33-26(7)24(5)23(4)25(6)27(33)8/h9,14,19-21,28-29H,10-13,15-18H2,1-8H3. The number of hydrogen-bond acceptors (Lipinski definition) is 5. The van der Waals surface area contributed by atoms with Crippen LogP contribution >= 0.6 is 0 Å². The first kappa shape index (κ1) is 31.4. The largest absolute Gasteiger partial charge is 0.336 e. The second kappa shape index (κ2) is 12.2. The molecule has 5 rings (SSSR count). The van der Waals surface area contributed by atoms with E-state index in [9.17, 15) is 13.2 Å². The summed E-state index contributed by atoms with van der Waals surface area (Å²) >= 11 is 0. The van der Waals surface area contributed by atoms with Gasteiger partial charge in [0.15, 0.2) is 0 Å². The minimum Gasteiger partial charge on any atom is -0.336 e. The van der Waals surface area contributed by atoms with Crippen LogP contribution in [-0.4, -0.2) is 64.7 Å². The Morgan fingerprint density at radius 1 is 0.837 bits per heavy atom. The maximum absolute atomic E-state index is 13.9. The molecule has 3 aromatic rings. The fraction of sp³-hybridized carbons (Fsp3) is 0.559. The van der Waals surface area contributed by atoms with Gasteiger partial charge in [-0.15, -0.1) is 5.10 Å². The lowest BCUT2D eigenvalue weighted by atomic mass is 9.76. The van der Waals surface area contributed by atoms with Crippen LogP contribution in [0.1, 0.15) is 94.9 Å². The number of aryl methyl sites for hydroxylation is 1. The molecule has 2 heterocycles. The minimum atomic E-state index is -3.70. The van der Waals surface area contributed by atoms with Gasteiger partial charge >= 0.3 is 0 Å². The number of aromatic nitrogens is 3. The highest BCUT2D eigenvalue weighted by atomic mass is 32.2. The van der Waals surface area contributed by atoms with E-state index in [1.165, 1.54) is 17.1 Å². The maximum atomic E-state index is 13.9. The fourth-order valence-electron chi connectivity index (χ4n) is 6.96. The number of carbonyl (C=O) groups is 1. The van der Waals surface area contributed by atoms with Gasteiger partial charge in [-0.2, -0.15) is 4.31 Å². The molecule has 1 amide bonds. The summed E-state index contributed by atoms with van der Waals surface area (Å²) in [5.41, 5.74) is 8.08. The van der Waals surface area contributed by atoms with Gasteiger partial charge < -0.3 is 4.90 Å². The van der Waals surface area contributed by atoms with E-state index in [4.69, 9.17) is 0 Å². The zero-order valence-electron chi connectivity index (χ0n) is 27.1. The average Bonchev–Trinajstić information content (AvgIpc) is 3.49. The molecule has 2 fully saturated rings. The summed E-state index contributed by atoms with van der Waals surface area (Å²) in [4.78, 5) is 16.0. The second-order valence-corrected chi connectivity index (χ2v) is 15.0. The van der Waals surface area contributed by atoms with Crippen LogP contribution in [0.15, 0.2) is 29.3 Å². The molecule has 0 bridgehead atoms. The molecule has 9 heteroatoms. The molecule has 0 N–H and O–H groups in total. The van der Waals surface area contributed by atoms with Crippen LogP contribution < -0.4 is 0 Å². The fourth-order valence-corrected chi connectivity index (χ4v) is 8.94. The predicted molar refractivity (Wildman–Crippen MR) is 170 cm³/mol. The Bertz CT molecular complexity index is 1600. The molecule has 232 valence electrons. The molecule has 1 saturated heterocycles. The Morgan fingerprint density at radius 2 is 1.42 bits per heavy atom. The lowest BCUT2D eigenvalue weighted by molar-refractivity contribution is 0.0697. The number of nitrogens with zero attached hydrogens (tertiary/aromatic N) is 5. The quantitative estimate of drug-likeness (QED) is 0.334. The monoisotopic (exact) mass is 605 g/mol. The number of piperazine rings is 1. The van der Waals surface area contributed by atoms with Gasteiger partial charge in [-0.3, -0.25) is 4.79 Å². The first-order chi connectivity index (χ1) is 20.3. The molecule has 1 aliphatic heterocycles. The van der Waals surface area contributed by atoms with E-state index < -0.39 is 10.0 Å². The van der Waals surface area contributed by atoms with E-state index in [0.717, 1.165) is 57.8 Å². The van der Waals surface area contributed by atoms with Crippen LogP contribution in [0.4, 0.5) is 0 Å². The predicted octanol–water partition coefficient (Wildman–Crippen LogP) is 6.19. The highest BCUT2D eigenvalue weighted by Crippen LogP contribution is 2.38. The third-order valence-electron chi connectivity index (χ3n) is 10.3. The molecule has 0 radical (unpaired) electrons. The molecular weight excluding hydrogens is 558 g/mol. The molecule has 0 spiro atoms. The van der Waals surface area contributed by atoms with Crippen molar-refractivity contribution in [2.45, 2.75) is 91.9 Å². The van der Waals surface area contributed by atoms with Crippen LogP contribution in [0.25, 0.3) is 5.69 Å².